The third-order valence-corrected chi connectivity index (χ3v) is 5.21. The molecular weight excluding hydrogens is 330 g/mol. The summed E-state index contributed by atoms with van der Waals surface area (Å²) in [5.41, 5.74) is 1.56. The largest absolute Gasteiger partial charge is 0.380 e. The van der Waals surface area contributed by atoms with E-state index in [0.717, 1.165) is 18.7 Å². The first-order valence-corrected chi connectivity index (χ1v) is 8.92. The molecule has 7 heteroatoms. The topological polar surface area (TPSA) is 102 Å². The van der Waals surface area contributed by atoms with E-state index in [1.165, 1.54) is 0 Å². The molecule has 2 atom stereocenters. The lowest BCUT2D eigenvalue weighted by Crippen LogP contribution is -2.53. The number of amides is 1. The number of benzene rings is 1. The van der Waals surface area contributed by atoms with E-state index in [4.69, 9.17) is 0 Å². The fraction of sp³-hybridized carbons (Fsp3) is 0.474. The van der Waals surface area contributed by atoms with Crippen LogP contribution in [0.25, 0.3) is 11.0 Å². The Morgan fingerprint density at radius 1 is 1.31 bits per heavy atom. The van der Waals surface area contributed by atoms with Crippen LogP contribution in [0.5, 0.6) is 0 Å². The number of aliphatic hydroxyl groups is 1. The van der Waals surface area contributed by atoms with Crippen molar-refractivity contribution < 1.29 is 9.90 Å². The van der Waals surface area contributed by atoms with E-state index >= 15 is 0 Å². The van der Waals surface area contributed by atoms with Crippen LogP contribution in [0.3, 0.4) is 0 Å². The number of piperidine rings is 1. The van der Waals surface area contributed by atoms with Crippen molar-refractivity contribution in [1.82, 2.24) is 15.3 Å². The molecule has 1 saturated heterocycles. The van der Waals surface area contributed by atoms with Crippen LogP contribution in [-0.2, 0) is 4.79 Å². The summed E-state index contributed by atoms with van der Waals surface area (Å²) in [6, 6.07) is 5.81. The van der Waals surface area contributed by atoms with E-state index in [0.29, 0.717) is 41.9 Å². The molecule has 0 unspecified atom stereocenters. The fourth-order valence-electron chi connectivity index (χ4n) is 3.71. The molecule has 1 aliphatic carbocycles. The molecule has 0 bridgehead atoms. The highest BCUT2D eigenvalue weighted by molar-refractivity contribution is 5.92. The maximum Gasteiger partial charge on any atom is 0.252 e. The number of aromatic nitrogens is 2. The number of hydrogen-bond donors (Lipinski definition) is 2. The zero-order chi connectivity index (χ0) is 18.3. The number of carbonyl (C=O) groups is 1. The summed E-state index contributed by atoms with van der Waals surface area (Å²) >= 11 is 0. The normalized spacial score (nSPS) is 24.1. The molecule has 1 aromatic heterocycles. The Morgan fingerprint density at radius 3 is 2.73 bits per heavy atom. The second kappa shape index (κ2) is 6.22. The molecule has 7 nitrogen and oxygen atoms in total. The summed E-state index contributed by atoms with van der Waals surface area (Å²) in [7, 11) is 0. The van der Waals surface area contributed by atoms with Crippen molar-refractivity contribution in [2.24, 2.45) is 5.92 Å². The SMILES string of the molecule is C[C@H]1C[C@@H](NC(=O)C2(O)CC2)CN(c2ccc(C#N)c3nccnc23)C1. The molecule has 2 heterocycles. The monoisotopic (exact) mass is 351 g/mol. The highest BCUT2D eigenvalue weighted by atomic mass is 16.3. The minimum Gasteiger partial charge on any atom is -0.380 e. The summed E-state index contributed by atoms with van der Waals surface area (Å²) in [4.78, 5) is 23.2. The number of nitrogens with one attached hydrogen (secondary N) is 1. The van der Waals surface area contributed by atoms with Gasteiger partial charge in [-0.1, -0.05) is 6.92 Å². The van der Waals surface area contributed by atoms with Gasteiger partial charge in [-0.3, -0.25) is 14.8 Å². The number of hydrogen-bond acceptors (Lipinski definition) is 6. The molecule has 2 aromatic rings. The molecule has 134 valence electrons. The quantitative estimate of drug-likeness (QED) is 0.866. The Labute approximate surface area is 151 Å². The smallest absolute Gasteiger partial charge is 0.252 e. The van der Waals surface area contributed by atoms with Gasteiger partial charge in [-0.05, 0) is 37.3 Å². The first kappa shape index (κ1) is 16.7. The molecule has 26 heavy (non-hydrogen) atoms. The van der Waals surface area contributed by atoms with E-state index in [1.54, 1.807) is 18.5 Å². The number of rotatable bonds is 3. The van der Waals surface area contributed by atoms with Crippen molar-refractivity contribution in [2.45, 2.75) is 37.8 Å². The van der Waals surface area contributed by atoms with Gasteiger partial charge in [0.1, 0.15) is 22.7 Å². The zero-order valence-electron chi connectivity index (χ0n) is 14.6. The van der Waals surface area contributed by atoms with Crippen LogP contribution in [0.1, 0.15) is 31.7 Å². The van der Waals surface area contributed by atoms with E-state index in [2.05, 4.69) is 33.2 Å². The Bertz CT molecular complexity index is 902. The van der Waals surface area contributed by atoms with Crippen molar-refractivity contribution in [3.05, 3.63) is 30.1 Å². The maximum atomic E-state index is 12.2. The molecule has 2 N–H and O–H groups in total. The van der Waals surface area contributed by atoms with Gasteiger partial charge in [0, 0.05) is 31.5 Å². The van der Waals surface area contributed by atoms with Crippen LogP contribution in [0.4, 0.5) is 5.69 Å². The van der Waals surface area contributed by atoms with Gasteiger partial charge in [0.25, 0.3) is 5.91 Å². The minimum absolute atomic E-state index is 0.0294. The van der Waals surface area contributed by atoms with Crippen molar-refractivity contribution in [3.8, 4) is 6.07 Å². The van der Waals surface area contributed by atoms with Gasteiger partial charge in [0.05, 0.1) is 11.3 Å². The molecule has 1 aromatic carbocycles. The van der Waals surface area contributed by atoms with Gasteiger partial charge in [-0.2, -0.15) is 5.26 Å². The Morgan fingerprint density at radius 2 is 2.04 bits per heavy atom. The summed E-state index contributed by atoms with van der Waals surface area (Å²) < 4.78 is 0. The molecule has 1 saturated carbocycles. The Hall–Kier alpha value is -2.72. The minimum atomic E-state index is -1.15. The van der Waals surface area contributed by atoms with Crippen LogP contribution in [0.15, 0.2) is 24.5 Å². The third kappa shape index (κ3) is 2.97. The maximum absolute atomic E-state index is 12.2. The molecule has 2 aliphatic rings. The van der Waals surface area contributed by atoms with E-state index in [1.807, 2.05) is 6.07 Å². The van der Waals surface area contributed by atoms with Gasteiger partial charge >= 0.3 is 0 Å². The van der Waals surface area contributed by atoms with Crippen LogP contribution < -0.4 is 10.2 Å². The van der Waals surface area contributed by atoms with Gasteiger partial charge in [0.2, 0.25) is 0 Å². The first-order chi connectivity index (χ1) is 12.5. The number of nitrogens with zero attached hydrogens (tertiary/aromatic N) is 4. The van der Waals surface area contributed by atoms with Crippen LogP contribution in [0, 0.1) is 17.2 Å². The molecule has 1 amide bonds. The number of fused-ring (bicyclic) bond motifs is 1. The second-order valence-corrected chi connectivity index (χ2v) is 7.45. The number of carbonyl (C=O) groups excluding carboxylic acids is 1. The zero-order valence-corrected chi connectivity index (χ0v) is 14.6. The molecule has 1 aliphatic heterocycles. The first-order valence-electron chi connectivity index (χ1n) is 8.92. The number of anilines is 1. The summed E-state index contributed by atoms with van der Waals surface area (Å²) in [6.45, 7) is 3.63. The summed E-state index contributed by atoms with van der Waals surface area (Å²) in [5.74, 6) is 0.117. The van der Waals surface area contributed by atoms with Crippen molar-refractivity contribution in [1.29, 1.82) is 5.26 Å². The predicted molar refractivity (Wildman–Crippen MR) is 96.4 cm³/mol. The van der Waals surface area contributed by atoms with E-state index in [9.17, 15) is 15.2 Å². The predicted octanol–water partition coefficient (Wildman–Crippen LogP) is 1.36. The van der Waals surface area contributed by atoms with Gasteiger partial charge in [-0.15, -0.1) is 0 Å². The summed E-state index contributed by atoms with van der Waals surface area (Å²) in [6.07, 6.45) is 5.17. The average molecular weight is 351 g/mol. The average Bonchev–Trinajstić information content (AvgIpc) is 3.39. The fourth-order valence-corrected chi connectivity index (χ4v) is 3.71. The van der Waals surface area contributed by atoms with Gasteiger partial charge in [-0.25, -0.2) is 0 Å². The lowest BCUT2D eigenvalue weighted by Gasteiger charge is -2.38. The van der Waals surface area contributed by atoms with Gasteiger partial charge < -0.3 is 15.3 Å². The van der Waals surface area contributed by atoms with Crippen LogP contribution >= 0.6 is 0 Å². The van der Waals surface area contributed by atoms with Crippen molar-refractivity contribution in [3.63, 3.8) is 0 Å². The van der Waals surface area contributed by atoms with E-state index < -0.39 is 5.60 Å². The number of nitriles is 1. The molecule has 4 rings (SSSR count). The highest BCUT2D eigenvalue weighted by Crippen LogP contribution is 2.36. The summed E-state index contributed by atoms with van der Waals surface area (Å²) in [5, 5.41) is 22.3. The standard InChI is InChI=1S/C19H21N5O2/c1-12-8-14(23-18(25)19(26)4-5-19)11-24(10-12)15-3-2-13(9-20)16-17(15)22-7-6-21-16/h2-3,6-7,12,14,26H,4-5,8,10-11H2,1H3,(H,23,25)/t12-,14+/m0/s1. The van der Waals surface area contributed by atoms with Crippen LogP contribution in [0.2, 0.25) is 0 Å². The highest BCUT2D eigenvalue weighted by Gasteiger charge is 2.48. The molecule has 2 fully saturated rings. The second-order valence-electron chi connectivity index (χ2n) is 7.45. The third-order valence-electron chi connectivity index (χ3n) is 5.21. The van der Waals surface area contributed by atoms with Crippen molar-refractivity contribution >= 4 is 22.6 Å². The van der Waals surface area contributed by atoms with Crippen molar-refractivity contribution in [2.75, 3.05) is 18.0 Å². The molecular formula is C19H21N5O2. The van der Waals surface area contributed by atoms with E-state index in [-0.39, 0.29) is 11.9 Å². The lowest BCUT2D eigenvalue weighted by atomic mass is 9.94. The Kier molecular flexibility index (Phi) is 4.00. The lowest BCUT2D eigenvalue weighted by molar-refractivity contribution is -0.132. The van der Waals surface area contributed by atoms with Crippen LogP contribution in [-0.4, -0.2) is 45.7 Å². The molecule has 0 radical (unpaired) electrons. The Balaban J connectivity index is 1.62. The molecule has 0 spiro atoms. The van der Waals surface area contributed by atoms with Gasteiger partial charge in [0.15, 0.2) is 0 Å².